The van der Waals surface area contributed by atoms with Crippen LogP contribution in [0, 0.1) is 5.82 Å². The van der Waals surface area contributed by atoms with E-state index in [-0.39, 0.29) is 18.3 Å². The number of azo groups is 2. The number of likely N-dealkylation sites (tertiary alicyclic amines) is 1. The van der Waals surface area contributed by atoms with E-state index in [0.29, 0.717) is 31.9 Å². The van der Waals surface area contributed by atoms with Crippen molar-refractivity contribution in [2.45, 2.75) is 25.6 Å². The molecule has 0 aliphatic carbocycles. The number of fused-ring (bicyclic) bond motifs is 1. The van der Waals surface area contributed by atoms with E-state index >= 15 is 0 Å². The lowest BCUT2D eigenvalue weighted by atomic mass is 10.1. The molecule has 2 fully saturated rings. The molecule has 3 aliphatic rings. The zero-order valence-electron chi connectivity index (χ0n) is 14.9. The number of halogens is 1. The Balaban J connectivity index is 1.57. The number of hydrogen-bond acceptors (Lipinski definition) is 5. The van der Waals surface area contributed by atoms with Crippen molar-refractivity contribution in [3.05, 3.63) is 30.1 Å². The molecule has 0 spiro atoms. The van der Waals surface area contributed by atoms with Gasteiger partial charge in [0.15, 0.2) is 0 Å². The lowest BCUT2D eigenvalue weighted by Crippen LogP contribution is -2.53. The zero-order chi connectivity index (χ0) is 19.0. The Morgan fingerprint density at radius 1 is 1.04 bits per heavy atom. The highest BCUT2D eigenvalue weighted by Gasteiger charge is 2.50. The summed E-state index contributed by atoms with van der Waals surface area (Å²) >= 11 is 0. The standard InChI is InChI=1S/C18H21FN5O3/c19-13-4-6-14(7-5-13)22-10-11-23-16(26)17(27)24(20-18(22)23)12-15(25)21-8-2-1-3-9-21/h4-7,18H,1-3,8-12H2/q+1. The summed E-state index contributed by atoms with van der Waals surface area (Å²) in [5.41, 5.74) is 0.706. The van der Waals surface area contributed by atoms with Gasteiger partial charge in [0.1, 0.15) is 5.82 Å². The first-order valence-electron chi connectivity index (χ1n) is 9.18. The van der Waals surface area contributed by atoms with Crippen LogP contribution in [0.25, 0.3) is 0 Å². The number of piperidine rings is 1. The third-order valence-electron chi connectivity index (χ3n) is 5.21. The predicted molar refractivity (Wildman–Crippen MR) is 92.2 cm³/mol. The van der Waals surface area contributed by atoms with Crippen molar-refractivity contribution in [1.82, 2.24) is 9.80 Å². The van der Waals surface area contributed by atoms with E-state index < -0.39 is 18.1 Å². The summed E-state index contributed by atoms with van der Waals surface area (Å²) in [6, 6.07) is 5.90. The largest absolute Gasteiger partial charge is 0.502 e. The molecular formula is C18H21FN5O3+. The molecule has 142 valence electrons. The number of benzene rings is 1. The van der Waals surface area contributed by atoms with Crippen molar-refractivity contribution in [2.75, 3.05) is 37.6 Å². The number of anilines is 1. The van der Waals surface area contributed by atoms with Crippen molar-refractivity contribution < 1.29 is 23.5 Å². The van der Waals surface area contributed by atoms with Gasteiger partial charge in [-0.3, -0.25) is 14.5 Å². The third kappa shape index (κ3) is 3.29. The molecule has 0 N–H and O–H groups in total. The first kappa shape index (κ1) is 17.6. The number of nitrogens with zero attached hydrogens (tertiary/aromatic N) is 5. The van der Waals surface area contributed by atoms with Crippen molar-refractivity contribution in [2.24, 2.45) is 5.11 Å². The van der Waals surface area contributed by atoms with E-state index in [4.69, 9.17) is 0 Å². The maximum absolute atomic E-state index is 13.2. The lowest BCUT2D eigenvalue weighted by molar-refractivity contribution is -0.510. The molecule has 1 unspecified atom stereocenters. The second-order valence-electron chi connectivity index (χ2n) is 6.93. The van der Waals surface area contributed by atoms with Gasteiger partial charge in [-0.2, -0.15) is 0 Å². The minimum absolute atomic E-state index is 0.195. The van der Waals surface area contributed by atoms with Crippen LogP contribution in [0.2, 0.25) is 0 Å². The highest BCUT2D eigenvalue weighted by atomic mass is 19.1. The molecule has 1 atom stereocenters. The Labute approximate surface area is 155 Å². The van der Waals surface area contributed by atoms with Crippen molar-refractivity contribution >= 4 is 23.4 Å². The highest BCUT2D eigenvalue weighted by molar-refractivity contribution is 6.31. The number of hydrogen-bond donors (Lipinski definition) is 0. The summed E-state index contributed by atoms with van der Waals surface area (Å²) < 4.78 is 14.2. The number of carbonyl (C=O) groups excluding carboxylic acids is 3. The van der Waals surface area contributed by atoms with Gasteiger partial charge in [-0.05, 0) is 48.2 Å². The van der Waals surface area contributed by atoms with Crippen LogP contribution < -0.4 is 4.90 Å². The van der Waals surface area contributed by atoms with Gasteiger partial charge in [0, 0.05) is 37.0 Å². The molecule has 3 amide bonds. The number of carbonyl (C=O) groups is 3. The van der Waals surface area contributed by atoms with E-state index in [2.05, 4.69) is 5.11 Å². The van der Waals surface area contributed by atoms with Gasteiger partial charge in [0.2, 0.25) is 0 Å². The molecule has 8 nitrogen and oxygen atoms in total. The Hall–Kier alpha value is -2.84. The molecule has 0 bridgehead atoms. The van der Waals surface area contributed by atoms with Gasteiger partial charge < -0.3 is 9.80 Å². The van der Waals surface area contributed by atoms with E-state index in [1.54, 1.807) is 17.0 Å². The number of amides is 3. The van der Waals surface area contributed by atoms with Gasteiger partial charge in [-0.25, -0.2) is 9.18 Å². The average Bonchev–Trinajstić information content (AvgIpc) is 3.11. The molecule has 0 saturated carbocycles. The predicted octanol–water partition coefficient (Wildman–Crippen LogP) is 0.775. The topological polar surface area (TPSA) is 76.3 Å². The lowest BCUT2D eigenvalue weighted by Gasteiger charge is -2.28. The minimum Gasteiger partial charge on any atom is -0.337 e. The van der Waals surface area contributed by atoms with Gasteiger partial charge in [0.25, 0.3) is 18.7 Å². The molecule has 0 aromatic heterocycles. The molecular weight excluding hydrogens is 353 g/mol. The van der Waals surface area contributed by atoms with Crippen LogP contribution in [-0.2, 0) is 14.4 Å². The van der Waals surface area contributed by atoms with Gasteiger partial charge in [-0.1, -0.05) is 0 Å². The molecule has 2 saturated heterocycles. The van der Waals surface area contributed by atoms with Crippen molar-refractivity contribution in [1.29, 1.82) is 0 Å². The van der Waals surface area contributed by atoms with E-state index in [0.717, 1.165) is 24.0 Å². The number of rotatable bonds is 3. The fourth-order valence-corrected chi connectivity index (χ4v) is 3.74. The molecule has 3 heterocycles. The van der Waals surface area contributed by atoms with Crippen molar-refractivity contribution in [3.63, 3.8) is 0 Å². The van der Waals surface area contributed by atoms with Crippen LogP contribution in [0.3, 0.4) is 0 Å². The summed E-state index contributed by atoms with van der Waals surface area (Å²) in [5.74, 6) is -1.99. The van der Waals surface area contributed by atoms with Crippen LogP contribution in [-0.4, -0.2) is 71.2 Å². The molecule has 3 aliphatic heterocycles. The Bertz CT molecular complexity index is 804. The molecule has 1 aromatic rings. The van der Waals surface area contributed by atoms with Crippen LogP contribution >= 0.6 is 0 Å². The van der Waals surface area contributed by atoms with Crippen LogP contribution in [0.1, 0.15) is 19.3 Å². The first-order valence-corrected chi connectivity index (χ1v) is 9.18. The van der Waals surface area contributed by atoms with Crippen molar-refractivity contribution in [3.8, 4) is 0 Å². The second kappa shape index (κ2) is 7.05. The normalized spacial score (nSPS) is 22.8. The third-order valence-corrected chi connectivity index (χ3v) is 5.21. The summed E-state index contributed by atoms with van der Waals surface area (Å²) in [6.45, 7) is 1.95. The molecule has 4 rings (SSSR count). The van der Waals surface area contributed by atoms with E-state index in [1.807, 2.05) is 4.90 Å². The summed E-state index contributed by atoms with van der Waals surface area (Å²) in [6.07, 6.45) is 2.29. The fourth-order valence-electron chi connectivity index (χ4n) is 3.74. The first-order chi connectivity index (χ1) is 13.0. The summed E-state index contributed by atoms with van der Waals surface area (Å²) in [4.78, 5) is 42.3. The molecule has 0 radical (unpaired) electrons. The molecule has 9 heteroatoms. The Morgan fingerprint density at radius 2 is 1.70 bits per heavy atom. The van der Waals surface area contributed by atoms with Crippen LogP contribution in [0.4, 0.5) is 10.1 Å². The monoisotopic (exact) mass is 374 g/mol. The fraction of sp³-hybridized carbons (Fsp3) is 0.500. The maximum Gasteiger partial charge on any atom is 0.502 e. The highest BCUT2D eigenvalue weighted by Crippen LogP contribution is 2.27. The second-order valence-corrected chi connectivity index (χ2v) is 6.93. The maximum atomic E-state index is 13.2. The zero-order valence-corrected chi connectivity index (χ0v) is 14.9. The Kier molecular flexibility index (Phi) is 4.59. The van der Waals surface area contributed by atoms with Crippen LogP contribution in [0.15, 0.2) is 29.4 Å². The van der Waals surface area contributed by atoms with Gasteiger partial charge in [-0.15, -0.1) is 0 Å². The SMILES string of the molecule is O=C(C[N+]1=NC2N(CCN2c2ccc(F)cc2)C(=O)C1=O)N1CCCCC1. The summed E-state index contributed by atoms with van der Waals surface area (Å²) in [7, 11) is 0. The van der Waals surface area contributed by atoms with E-state index in [9.17, 15) is 18.8 Å². The smallest absolute Gasteiger partial charge is 0.337 e. The quantitative estimate of drug-likeness (QED) is 0.579. The average molecular weight is 374 g/mol. The van der Waals surface area contributed by atoms with Gasteiger partial charge in [0.05, 0.1) is 0 Å². The summed E-state index contributed by atoms with van der Waals surface area (Å²) in [5, 5.41) is 4.36. The molecule has 27 heavy (non-hydrogen) atoms. The minimum atomic E-state index is -0.780. The Morgan fingerprint density at radius 3 is 2.41 bits per heavy atom. The molecule has 1 aromatic carbocycles. The van der Waals surface area contributed by atoms with Crippen LogP contribution in [0.5, 0.6) is 0 Å². The van der Waals surface area contributed by atoms with Gasteiger partial charge >= 0.3 is 11.8 Å². The van der Waals surface area contributed by atoms with E-state index in [1.165, 1.54) is 17.0 Å².